The average molecular weight is 1130 g/mol. The second-order valence-electron chi connectivity index (χ2n) is 26.8. The van der Waals surface area contributed by atoms with Crippen LogP contribution in [0.3, 0.4) is 0 Å². The van der Waals surface area contributed by atoms with E-state index in [1.54, 1.807) is 13.8 Å². The van der Waals surface area contributed by atoms with Crippen molar-refractivity contribution in [2.75, 3.05) is 39.3 Å². The number of nitrogens with zero attached hydrogens (tertiary/aromatic N) is 5. The Hall–Kier alpha value is -6.47. The zero-order chi connectivity index (χ0) is 61.1. The number of rotatable bonds is 14. The van der Waals surface area contributed by atoms with Gasteiger partial charge in [-0.25, -0.2) is 9.59 Å². The number of azo groups is 1. The Balaban J connectivity index is 0.000000186. The quantitative estimate of drug-likeness (QED) is 0.0704. The van der Waals surface area contributed by atoms with Gasteiger partial charge < -0.3 is 30.7 Å². The summed E-state index contributed by atoms with van der Waals surface area (Å²) in [6, 6.07) is 30.8. The Bertz CT molecular complexity index is 2610. The summed E-state index contributed by atoms with van der Waals surface area (Å²) in [5, 5.41) is 22.4. The minimum atomic E-state index is -0.396. The highest BCUT2D eigenvalue weighted by molar-refractivity contribution is 5.93. The maximum absolute atomic E-state index is 11.7. The number of esters is 2. The van der Waals surface area contributed by atoms with E-state index < -0.39 is 11.1 Å². The van der Waals surface area contributed by atoms with Crippen LogP contribution in [0.4, 0.5) is 0 Å². The molecule has 4 N–H and O–H groups in total. The summed E-state index contributed by atoms with van der Waals surface area (Å²) in [4.78, 5) is 36.6. The predicted molar refractivity (Wildman–Crippen MR) is 347 cm³/mol. The van der Waals surface area contributed by atoms with Crippen molar-refractivity contribution < 1.29 is 19.1 Å². The number of carbonyl (C=O) groups excluding carboxylic acids is 2. The van der Waals surface area contributed by atoms with Crippen molar-refractivity contribution >= 4 is 41.6 Å². The van der Waals surface area contributed by atoms with E-state index in [1.807, 2.05) is 101 Å². The predicted octanol–water partition coefficient (Wildman–Crippen LogP) is 14.4. The Morgan fingerprint density at radius 1 is 0.602 bits per heavy atom. The monoisotopic (exact) mass is 1130 g/mol. The van der Waals surface area contributed by atoms with Crippen LogP contribution >= 0.6 is 0 Å². The molecular weight excluding hydrogens is 1030 g/mol. The van der Waals surface area contributed by atoms with Crippen LogP contribution in [0.25, 0.3) is 12.2 Å². The van der Waals surface area contributed by atoms with Gasteiger partial charge >= 0.3 is 11.9 Å². The fourth-order valence-corrected chi connectivity index (χ4v) is 12.8. The Morgan fingerprint density at radius 3 is 1.31 bits per heavy atom. The lowest BCUT2D eigenvalue weighted by molar-refractivity contribution is -0.182. The molecule has 4 heterocycles. The second kappa shape index (κ2) is 30.4. The zero-order valence-corrected chi connectivity index (χ0v) is 53.0. The number of piperidine rings is 1. The summed E-state index contributed by atoms with van der Waals surface area (Å²) in [5.41, 5.74) is 4.02. The van der Waals surface area contributed by atoms with E-state index in [0.29, 0.717) is 17.1 Å². The smallest absolute Gasteiger partial charge is 0.333 e. The molecule has 4 aliphatic carbocycles. The van der Waals surface area contributed by atoms with Gasteiger partial charge in [0.15, 0.2) is 0 Å². The summed E-state index contributed by atoms with van der Waals surface area (Å²) in [6.07, 6.45) is 13.9. The number of carbonyl (C=O) groups is 2. The highest BCUT2D eigenvalue weighted by Crippen LogP contribution is 2.57. The topological polar surface area (TPSA) is 163 Å². The maximum Gasteiger partial charge on any atom is 0.333 e. The van der Waals surface area contributed by atoms with Crippen LogP contribution in [0.5, 0.6) is 0 Å². The molecule has 4 saturated carbocycles. The van der Waals surface area contributed by atoms with Crippen LogP contribution in [-0.2, 0) is 19.1 Å². The van der Waals surface area contributed by atoms with E-state index in [9.17, 15) is 9.59 Å². The van der Waals surface area contributed by atoms with Crippen molar-refractivity contribution in [1.29, 1.82) is 0 Å². The first-order valence-corrected chi connectivity index (χ1v) is 30.3. The molecule has 4 aliphatic heterocycles. The first-order chi connectivity index (χ1) is 39.0. The summed E-state index contributed by atoms with van der Waals surface area (Å²) in [7, 11) is 0. The molecule has 0 radical (unpaired) electrons. The van der Waals surface area contributed by atoms with Crippen molar-refractivity contribution in [2.24, 2.45) is 48.4 Å². The van der Waals surface area contributed by atoms with Gasteiger partial charge in [0.05, 0.1) is 19.6 Å². The van der Waals surface area contributed by atoms with E-state index in [-0.39, 0.29) is 40.1 Å². The summed E-state index contributed by atoms with van der Waals surface area (Å²) in [5.74, 6) is 5.60. The molecular formula is C70H103N9O4. The number of hydrogen-bond acceptors (Lipinski definition) is 13. The van der Waals surface area contributed by atoms with E-state index in [1.165, 1.54) is 41.8 Å². The standard InChI is InChI=1S/C15H22N2.C14H20O2.C13H23NO2.C12H22N6.2C8H8/c1-12(13-7-5-4-6-8-13)11-15(2,3)14-16-9-10-17-14;1-9(2)13(15)16-14-6-10-3-11(7-14)5-12(4-10)8-14;1-9(2)11(15)16-10-7-12(3,4)14-13(5,6)8-10;1-11(2,9-13-5-6-14-9)17-18-12(3,4)10-15-7-8-16-10;2*1-2-8-6-4-3-5-7-8/h4-8,12H,9-11H2,1-3H3,(H,16,17);10-12H,1,3-8H2,2H3;10,14H,1,7-8H2,2-6H3;5-8H2,1-4H3,(H,13,14)(H,15,16);2*2-7H,1H2. The van der Waals surface area contributed by atoms with Gasteiger partial charge in [-0.1, -0.05) is 150 Å². The SMILES string of the molecule is C=C(C)C(=O)OC12CC3CC(CC(C3)C1)C2.C=C(C)C(=O)OC1CC(C)(C)NC(C)(C)C1.C=Cc1ccccc1.C=Cc1ccccc1.CC(C)(N=NC(C)(C)C1=NCCN1)C1=NCCN1.CC(CC(C)(C)C1=NCCN1)c1ccccc1. The molecule has 452 valence electrons. The van der Waals surface area contributed by atoms with E-state index >= 15 is 0 Å². The molecule has 0 amide bonds. The number of amidine groups is 3. The lowest BCUT2D eigenvalue weighted by atomic mass is 9.54. The number of benzene rings is 3. The lowest BCUT2D eigenvalue weighted by Crippen LogP contribution is -2.59. The molecule has 0 aromatic heterocycles. The van der Waals surface area contributed by atoms with Gasteiger partial charge in [-0.3, -0.25) is 15.0 Å². The third-order valence-corrected chi connectivity index (χ3v) is 16.0. The second-order valence-corrected chi connectivity index (χ2v) is 26.8. The van der Waals surface area contributed by atoms with Crippen LogP contribution in [0.1, 0.15) is 170 Å². The lowest BCUT2D eigenvalue weighted by Gasteiger charge is -2.55. The summed E-state index contributed by atoms with van der Waals surface area (Å²) < 4.78 is 11.2. The van der Waals surface area contributed by atoms with Crippen molar-refractivity contribution in [3.8, 4) is 0 Å². The van der Waals surface area contributed by atoms with Gasteiger partial charge in [0, 0.05) is 60.1 Å². The molecule has 4 bridgehead atoms. The normalized spacial score (nSPS) is 22.9. The Labute approximate surface area is 500 Å². The van der Waals surface area contributed by atoms with E-state index in [2.05, 4.69) is 152 Å². The highest BCUT2D eigenvalue weighted by atomic mass is 16.6. The van der Waals surface area contributed by atoms with Gasteiger partial charge in [-0.05, 0) is 155 Å². The fourth-order valence-electron chi connectivity index (χ4n) is 12.8. The molecule has 11 rings (SSSR count). The molecule has 1 unspecified atom stereocenters. The van der Waals surface area contributed by atoms with Crippen LogP contribution < -0.4 is 21.3 Å². The van der Waals surface area contributed by atoms with Crippen molar-refractivity contribution in [3.05, 3.63) is 145 Å². The van der Waals surface area contributed by atoms with E-state index in [4.69, 9.17) is 9.47 Å². The molecule has 13 nitrogen and oxygen atoms in total. The summed E-state index contributed by atoms with van der Waals surface area (Å²) >= 11 is 0. The van der Waals surface area contributed by atoms with Gasteiger partial charge in [-0.2, -0.15) is 10.2 Å². The highest BCUT2D eigenvalue weighted by Gasteiger charge is 2.53. The summed E-state index contributed by atoms with van der Waals surface area (Å²) in [6.45, 7) is 46.8. The molecule has 83 heavy (non-hydrogen) atoms. The first kappa shape index (κ1) is 67.3. The van der Waals surface area contributed by atoms with Gasteiger partial charge in [0.1, 0.15) is 40.3 Å². The number of aliphatic imine (C=N–C) groups is 3. The zero-order valence-electron chi connectivity index (χ0n) is 53.0. The number of hydrogen-bond donors (Lipinski definition) is 4. The fraction of sp³-hybridized carbons (Fsp3) is 0.557. The molecule has 0 spiro atoms. The molecule has 13 heteroatoms. The Morgan fingerprint density at radius 2 is 0.976 bits per heavy atom. The minimum Gasteiger partial charge on any atom is -0.459 e. The molecule has 3 aromatic carbocycles. The van der Waals surface area contributed by atoms with Crippen molar-refractivity contribution in [2.45, 2.75) is 188 Å². The van der Waals surface area contributed by atoms with E-state index in [0.717, 1.165) is 107 Å². The molecule has 5 fully saturated rings. The number of nitrogens with one attached hydrogen (secondary N) is 4. The van der Waals surface area contributed by atoms with Crippen LogP contribution in [0, 0.1) is 23.2 Å². The largest absolute Gasteiger partial charge is 0.459 e. The van der Waals surface area contributed by atoms with Gasteiger partial charge in [0.2, 0.25) is 0 Å². The first-order valence-electron chi connectivity index (χ1n) is 30.3. The van der Waals surface area contributed by atoms with Crippen LogP contribution in [0.15, 0.2) is 154 Å². The molecule has 8 aliphatic rings. The third kappa shape index (κ3) is 21.9. The third-order valence-electron chi connectivity index (χ3n) is 16.0. The maximum atomic E-state index is 11.7. The Kier molecular flexibility index (Phi) is 24.6. The average Bonchev–Trinajstić information content (AvgIpc) is 3.64. The molecule has 3 aromatic rings. The van der Waals surface area contributed by atoms with Gasteiger partial charge in [0.25, 0.3) is 0 Å². The van der Waals surface area contributed by atoms with Gasteiger partial charge in [-0.15, -0.1) is 0 Å². The number of ether oxygens (including phenoxy) is 2. The van der Waals surface area contributed by atoms with Crippen LogP contribution in [-0.4, -0.2) is 103 Å². The van der Waals surface area contributed by atoms with Crippen molar-refractivity contribution in [1.82, 2.24) is 21.3 Å². The van der Waals surface area contributed by atoms with Crippen molar-refractivity contribution in [3.63, 3.8) is 0 Å². The molecule has 1 saturated heterocycles. The molecule has 1 atom stereocenters. The minimum absolute atomic E-state index is 0.00176. The van der Waals surface area contributed by atoms with Crippen LogP contribution in [0.2, 0.25) is 0 Å².